The number of aliphatic hydroxyl groups is 1. The highest BCUT2D eigenvalue weighted by atomic mass is 16.5. The normalized spacial score (nSPS) is 27.2. The number of fused-ring (bicyclic) bond motifs is 1. The molecule has 1 aliphatic carbocycles. The number of likely N-dealkylation sites (tertiary alicyclic amines) is 1. The number of piperidine rings is 1. The summed E-state index contributed by atoms with van der Waals surface area (Å²) in [7, 11) is 1.68. The molecule has 2 unspecified atom stereocenters. The molecular weight excluding hydrogens is 368 g/mol. The minimum absolute atomic E-state index is 0.0393. The van der Waals surface area contributed by atoms with E-state index in [0.29, 0.717) is 19.5 Å². The molecule has 1 amide bonds. The Morgan fingerprint density at radius 1 is 1.28 bits per heavy atom. The number of benzene rings is 1. The SMILES string of the molecule is COc1ccccc1[C@H]1C2CCCCC2(O)CCN1CC(=O)NCc1ccco1. The fourth-order valence-electron chi connectivity index (χ4n) is 5.08. The van der Waals surface area contributed by atoms with E-state index in [-0.39, 0.29) is 24.4 Å². The summed E-state index contributed by atoms with van der Waals surface area (Å²) in [5.74, 6) is 1.61. The molecule has 29 heavy (non-hydrogen) atoms. The van der Waals surface area contributed by atoms with Crippen LogP contribution in [0.5, 0.6) is 5.75 Å². The first-order valence-electron chi connectivity index (χ1n) is 10.5. The lowest BCUT2D eigenvalue weighted by Gasteiger charge is -2.52. The Bertz CT molecular complexity index is 822. The first kappa shape index (κ1) is 20.0. The lowest BCUT2D eigenvalue weighted by molar-refractivity contribution is -0.138. The topological polar surface area (TPSA) is 74.9 Å². The van der Waals surface area contributed by atoms with Gasteiger partial charge in [0, 0.05) is 24.1 Å². The van der Waals surface area contributed by atoms with Gasteiger partial charge in [0.05, 0.1) is 32.1 Å². The van der Waals surface area contributed by atoms with E-state index in [9.17, 15) is 9.90 Å². The Morgan fingerprint density at radius 2 is 2.14 bits per heavy atom. The molecule has 4 rings (SSSR count). The van der Waals surface area contributed by atoms with Crippen molar-refractivity contribution in [3.05, 3.63) is 54.0 Å². The average molecular weight is 399 g/mol. The van der Waals surface area contributed by atoms with Gasteiger partial charge in [0.1, 0.15) is 11.5 Å². The molecule has 6 nitrogen and oxygen atoms in total. The van der Waals surface area contributed by atoms with E-state index in [0.717, 1.165) is 42.8 Å². The van der Waals surface area contributed by atoms with Crippen LogP contribution >= 0.6 is 0 Å². The number of hydrogen-bond acceptors (Lipinski definition) is 5. The zero-order valence-electron chi connectivity index (χ0n) is 17.0. The van der Waals surface area contributed by atoms with Crippen molar-refractivity contribution in [2.45, 2.75) is 50.3 Å². The van der Waals surface area contributed by atoms with Crippen LogP contribution in [-0.4, -0.2) is 41.7 Å². The maximum Gasteiger partial charge on any atom is 0.234 e. The van der Waals surface area contributed by atoms with Crippen LogP contribution in [0, 0.1) is 5.92 Å². The van der Waals surface area contributed by atoms with Gasteiger partial charge < -0.3 is 19.6 Å². The molecule has 0 bridgehead atoms. The van der Waals surface area contributed by atoms with Crippen LogP contribution in [0.15, 0.2) is 47.1 Å². The van der Waals surface area contributed by atoms with Crippen molar-refractivity contribution in [2.75, 3.05) is 20.2 Å². The summed E-state index contributed by atoms with van der Waals surface area (Å²) in [6, 6.07) is 11.6. The number of ether oxygens (including phenoxy) is 1. The number of nitrogens with one attached hydrogen (secondary N) is 1. The highest BCUT2D eigenvalue weighted by Crippen LogP contribution is 2.50. The number of para-hydroxylation sites is 1. The summed E-state index contributed by atoms with van der Waals surface area (Å²) in [6.07, 6.45) is 6.28. The Labute approximate surface area is 171 Å². The highest BCUT2D eigenvalue weighted by Gasteiger charge is 2.49. The van der Waals surface area contributed by atoms with Crippen molar-refractivity contribution in [2.24, 2.45) is 5.92 Å². The summed E-state index contributed by atoms with van der Waals surface area (Å²) >= 11 is 0. The molecule has 3 atom stereocenters. The van der Waals surface area contributed by atoms with Gasteiger partial charge in [-0.25, -0.2) is 0 Å². The molecule has 0 radical (unpaired) electrons. The van der Waals surface area contributed by atoms with Crippen LogP contribution in [0.2, 0.25) is 0 Å². The molecule has 0 spiro atoms. The highest BCUT2D eigenvalue weighted by molar-refractivity contribution is 5.78. The number of hydrogen-bond donors (Lipinski definition) is 2. The molecule has 1 aliphatic heterocycles. The predicted octanol–water partition coefficient (Wildman–Crippen LogP) is 3.27. The van der Waals surface area contributed by atoms with Gasteiger partial charge in [0.2, 0.25) is 5.91 Å². The summed E-state index contributed by atoms with van der Waals surface area (Å²) < 4.78 is 10.9. The van der Waals surface area contributed by atoms with Crippen molar-refractivity contribution in [1.29, 1.82) is 0 Å². The van der Waals surface area contributed by atoms with E-state index in [1.807, 2.05) is 30.3 Å². The zero-order chi connectivity index (χ0) is 20.3. The number of carbonyl (C=O) groups is 1. The van der Waals surface area contributed by atoms with Crippen molar-refractivity contribution in [3.8, 4) is 5.75 Å². The Morgan fingerprint density at radius 3 is 2.93 bits per heavy atom. The molecule has 2 N–H and O–H groups in total. The second-order valence-corrected chi connectivity index (χ2v) is 8.22. The lowest BCUT2D eigenvalue weighted by Crippen LogP contribution is -2.56. The van der Waals surface area contributed by atoms with Gasteiger partial charge in [0.25, 0.3) is 0 Å². The minimum Gasteiger partial charge on any atom is -0.496 e. The number of amides is 1. The number of rotatable bonds is 6. The summed E-state index contributed by atoms with van der Waals surface area (Å²) in [5, 5.41) is 14.3. The molecule has 1 aromatic carbocycles. The predicted molar refractivity (Wildman–Crippen MR) is 109 cm³/mol. The molecule has 6 heteroatoms. The van der Waals surface area contributed by atoms with Crippen molar-refractivity contribution >= 4 is 5.91 Å². The number of carbonyl (C=O) groups excluding carboxylic acids is 1. The third-order valence-corrected chi connectivity index (χ3v) is 6.52. The van der Waals surface area contributed by atoms with E-state index in [1.165, 1.54) is 0 Å². The maximum atomic E-state index is 12.7. The third kappa shape index (κ3) is 4.19. The van der Waals surface area contributed by atoms with Gasteiger partial charge in [-0.2, -0.15) is 0 Å². The Hall–Kier alpha value is -2.31. The molecule has 1 aromatic heterocycles. The number of methoxy groups -OCH3 is 1. The van der Waals surface area contributed by atoms with Crippen molar-refractivity contribution in [3.63, 3.8) is 0 Å². The maximum absolute atomic E-state index is 12.7. The van der Waals surface area contributed by atoms with Crippen LogP contribution in [-0.2, 0) is 11.3 Å². The van der Waals surface area contributed by atoms with Crippen LogP contribution in [0.4, 0.5) is 0 Å². The molecule has 2 aromatic rings. The van der Waals surface area contributed by atoms with Crippen LogP contribution in [0.1, 0.15) is 49.5 Å². The van der Waals surface area contributed by atoms with Crippen LogP contribution < -0.4 is 10.1 Å². The van der Waals surface area contributed by atoms with Gasteiger partial charge in [-0.05, 0) is 37.5 Å². The van der Waals surface area contributed by atoms with Crippen LogP contribution in [0.25, 0.3) is 0 Å². The van der Waals surface area contributed by atoms with E-state index in [2.05, 4.69) is 16.3 Å². The standard InChI is InChI=1S/C23H30N2O4/c1-28-20-10-3-2-8-18(20)22-19-9-4-5-11-23(19,27)12-13-25(22)16-21(26)24-15-17-7-6-14-29-17/h2-3,6-8,10,14,19,22,27H,4-5,9,11-13,15-16H2,1H3,(H,24,26)/t19?,22-,23?/m0/s1. The Kier molecular flexibility index (Phi) is 5.92. The van der Waals surface area contributed by atoms with E-state index >= 15 is 0 Å². The second-order valence-electron chi connectivity index (χ2n) is 8.22. The van der Waals surface area contributed by atoms with E-state index in [4.69, 9.17) is 9.15 Å². The Balaban J connectivity index is 1.56. The van der Waals surface area contributed by atoms with Gasteiger partial charge in [-0.3, -0.25) is 9.69 Å². The fraction of sp³-hybridized carbons (Fsp3) is 0.522. The third-order valence-electron chi connectivity index (χ3n) is 6.52. The quantitative estimate of drug-likeness (QED) is 0.781. The summed E-state index contributed by atoms with van der Waals surface area (Å²) in [4.78, 5) is 14.9. The van der Waals surface area contributed by atoms with Crippen molar-refractivity contribution < 1.29 is 19.1 Å². The first-order chi connectivity index (χ1) is 14.1. The van der Waals surface area contributed by atoms with Crippen molar-refractivity contribution in [1.82, 2.24) is 10.2 Å². The molecule has 1 saturated heterocycles. The van der Waals surface area contributed by atoms with Gasteiger partial charge >= 0.3 is 0 Å². The van der Waals surface area contributed by atoms with E-state index < -0.39 is 5.60 Å². The fourth-order valence-corrected chi connectivity index (χ4v) is 5.08. The summed E-state index contributed by atoms with van der Waals surface area (Å²) in [6.45, 7) is 1.35. The van der Waals surface area contributed by atoms with Crippen LogP contribution in [0.3, 0.4) is 0 Å². The number of furan rings is 1. The molecule has 2 heterocycles. The second kappa shape index (κ2) is 8.59. The van der Waals surface area contributed by atoms with Gasteiger partial charge in [-0.15, -0.1) is 0 Å². The smallest absolute Gasteiger partial charge is 0.234 e. The molecule has 2 aliphatic rings. The molecule has 2 fully saturated rings. The largest absolute Gasteiger partial charge is 0.496 e. The summed E-state index contributed by atoms with van der Waals surface area (Å²) in [5.41, 5.74) is 0.393. The number of nitrogens with zero attached hydrogens (tertiary/aromatic N) is 1. The molecule has 1 saturated carbocycles. The molecular formula is C23H30N2O4. The zero-order valence-corrected chi connectivity index (χ0v) is 17.0. The molecule has 156 valence electrons. The van der Waals surface area contributed by atoms with Gasteiger partial charge in [0.15, 0.2) is 0 Å². The average Bonchev–Trinajstić information content (AvgIpc) is 3.26. The minimum atomic E-state index is -0.662. The van der Waals surface area contributed by atoms with E-state index in [1.54, 1.807) is 13.4 Å². The lowest BCUT2D eigenvalue weighted by atomic mass is 9.66. The monoisotopic (exact) mass is 398 g/mol. The first-order valence-corrected chi connectivity index (χ1v) is 10.5. The van der Waals surface area contributed by atoms with Gasteiger partial charge in [-0.1, -0.05) is 31.0 Å².